The Morgan fingerprint density at radius 2 is 2.15 bits per heavy atom. The van der Waals surface area contributed by atoms with Crippen LogP contribution in [-0.2, 0) is 28.2 Å². The van der Waals surface area contributed by atoms with Gasteiger partial charge in [-0.05, 0) is 24.6 Å². The Labute approximate surface area is 192 Å². The van der Waals surface area contributed by atoms with E-state index in [0.717, 1.165) is 5.69 Å². The van der Waals surface area contributed by atoms with E-state index in [0.29, 0.717) is 49.3 Å². The molecule has 0 radical (unpaired) electrons. The molecule has 0 spiro atoms. The highest BCUT2D eigenvalue weighted by atomic mass is 16.3. The van der Waals surface area contributed by atoms with Crippen LogP contribution in [0.5, 0.6) is 0 Å². The molecule has 1 saturated heterocycles. The number of rotatable bonds is 10. The fourth-order valence-electron chi connectivity index (χ4n) is 4.32. The summed E-state index contributed by atoms with van der Waals surface area (Å²) in [6, 6.07) is 5.37. The lowest BCUT2D eigenvalue weighted by atomic mass is 9.82. The van der Waals surface area contributed by atoms with Gasteiger partial charge in [-0.1, -0.05) is 30.4 Å². The van der Waals surface area contributed by atoms with Gasteiger partial charge in [0.15, 0.2) is 5.60 Å². The van der Waals surface area contributed by atoms with E-state index in [9.17, 15) is 14.7 Å². The highest BCUT2D eigenvalue weighted by molar-refractivity contribution is 6.08. The van der Waals surface area contributed by atoms with Crippen molar-refractivity contribution in [2.45, 2.75) is 38.3 Å². The molecule has 2 atom stereocenters. The molecule has 9 heteroatoms. The standard InChI is InChI=1S/C24H29N5O4/c1-3-11-29-21-8-7-19(28-13-9-22(28)31)15-20(21)24(33,23(29)32)17(2)6-4-5-12-27-16-18(10-14-30)25-26-27/h3-4,6-8,15-17,30,33H,1,5,9-14H2,2H3/b6-4+/t17-,24+/m1/s1. The smallest absolute Gasteiger partial charge is 0.264 e. The van der Waals surface area contributed by atoms with Crippen LogP contribution in [-0.4, -0.2) is 56.7 Å². The number of anilines is 2. The molecule has 2 N–H and O–H groups in total. The van der Waals surface area contributed by atoms with E-state index in [-0.39, 0.29) is 19.1 Å². The van der Waals surface area contributed by atoms with Crippen molar-refractivity contribution < 1.29 is 19.8 Å². The molecule has 3 heterocycles. The van der Waals surface area contributed by atoms with E-state index in [2.05, 4.69) is 16.9 Å². The van der Waals surface area contributed by atoms with Crippen LogP contribution in [0.2, 0.25) is 0 Å². The van der Waals surface area contributed by atoms with Gasteiger partial charge in [-0.3, -0.25) is 14.3 Å². The zero-order chi connectivity index (χ0) is 23.6. The van der Waals surface area contributed by atoms with E-state index >= 15 is 0 Å². The minimum atomic E-state index is -1.74. The molecule has 1 fully saturated rings. The van der Waals surface area contributed by atoms with Gasteiger partial charge in [0.1, 0.15) is 0 Å². The summed E-state index contributed by atoms with van der Waals surface area (Å²) >= 11 is 0. The van der Waals surface area contributed by atoms with Crippen LogP contribution in [0.1, 0.15) is 31.0 Å². The number of aromatic nitrogens is 3. The van der Waals surface area contributed by atoms with E-state index in [4.69, 9.17) is 5.11 Å². The molecule has 0 bridgehead atoms. The monoisotopic (exact) mass is 451 g/mol. The SMILES string of the molecule is C=CCN1C(=O)[C@](O)([C@H](C)/C=C/CCn2cc(CCO)nn2)c2cc(N3CCC3=O)ccc21. The van der Waals surface area contributed by atoms with Crippen LogP contribution < -0.4 is 9.80 Å². The number of aliphatic hydroxyl groups excluding tert-OH is 1. The average molecular weight is 452 g/mol. The first-order valence-corrected chi connectivity index (χ1v) is 11.2. The highest BCUT2D eigenvalue weighted by Crippen LogP contribution is 2.46. The molecule has 0 unspecified atom stereocenters. The summed E-state index contributed by atoms with van der Waals surface area (Å²) in [6.45, 7) is 7.09. The van der Waals surface area contributed by atoms with Crippen molar-refractivity contribution in [3.05, 3.63) is 60.5 Å². The molecule has 9 nitrogen and oxygen atoms in total. The first kappa shape index (κ1) is 22.9. The molecule has 174 valence electrons. The van der Waals surface area contributed by atoms with Gasteiger partial charge in [-0.15, -0.1) is 11.7 Å². The molecule has 2 aromatic rings. The zero-order valence-electron chi connectivity index (χ0n) is 18.7. The fraction of sp³-hybridized carbons (Fsp3) is 0.417. The van der Waals surface area contributed by atoms with Gasteiger partial charge in [0.05, 0.1) is 11.4 Å². The summed E-state index contributed by atoms with van der Waals surface area (Å²) < 4.78 is 1.70. The van der Waals surface area contributed by atoms with Gasteiger partial charge in [0, 0.05) is 62.4 Å². The van der Waals surface area contributed by atoms with E-state index in [1.807, 2.05) is 25.1 Å². The van der Waals surface area contributed by atoms with Crippen molar-refractivity contribution in [1.82, 2.24) is 15.0 Å². The first-order valence-electron chi connectivity index (χ1n) is 11.2. The number of allylic oxidation sites excluding steroid dienone is 1. The van der Waals surface area contributed by atoms with E-state index in [1.165, 1.54) is 4.90 Å². The molecular weight excluding hydrogens is 422 g/mol. The summed E-state index contributed by atoms with van der Waals surface area (Å²) in [4.78, 5) is 28.5. The lowest BCUT2D eigenvalue weighted by molar-refractivity contribution is -0.139. The van der Waals surface area contributed by atoms with Gasteiger partial charge in [-0.2, -0.15) is 0 Å². The maximum Gasteiger partial charge on any atom is 0.264 e. The zero-order valence-corrected chi connectivity index (χ0v) is 18.7. The minimum absolute atomic E-state index is 0.0285. The van der Waals surface area contributed by atoms with E-state index < -0.39 is 17.4 Å². The number of benzene rings is 1. The van der Waals surface area contributed by atoms with Gasteiger partial charge in [0.25, 0.3) is 5.91 Å². The van der Waals surface area contributed by atoms with Crippen molar-refractivity contribution in [2.24, 2.45) is 5.92 Å². The maximum atomic E-state index is 13.3. The number of aliphatic hydroxyl groups is 2. The molecule has 4 rings (SSSR count). The second-order valence-corrected chi connectivity index (χ2v) is 8.42. The quantitative estimate of drug-likeness (QED) is 0.419. The topological polar surface area (TPSA) is 112 Å². The van der Waals surface area contributed by atoms with Crippen LogP contribution in [0.4, 0.5) is 11.4 Å². The fourth-order valence-corrected chi connectivity index (χ4v) is 4.32. The Kier molecular flexibility index (Phi) is 6.44. The molecule has 33 heavy (non-hydrogen) atoms. The second-order valence-electron chi connectivity index (χ2n) is 8.42. The second kappa shape index (κ2) is 9.29. The minimum Gasteiger partial charge on any atom is -0.396 e. The molecule has 1 aromatic heterocycles. The van der Waals surface area contributed by atoms with Crippen molar-refractivity contribution in [1.29, 1.82) is 0 Å². The van der Waals surface area contributed by atoms with Gasteiger partial charge >= 0.3 is 0 Å². The van der Waals surface area contributed by atoms with Crippen LogP contribution in [0.3, 0.4) is 0 Å². The Bertz CT molecular complexity index is 1090. The Hall–Kier alpha value is -3.30. The lowest BCUT2D eigenvalue weighted by Crippen LogP contribution is -2.45. The molecule has 1 aromatic carbocycles. The molecule has 0 aliphatic carbocycles. The van der Waals surface area contributed by atoms with Crippen molar-refractivity contribution >= 4 is 23.2 Å². The number of nitrogens with zero attached hydrogens (tertiary/aromatic N) is 5. The van der Waals surface area contributed by atoms with Crippen LogP contribution >= 0.6 is 0 Å². The number of fused-ring (bicyclic) bond motifs is 1. The Morgan fingerprint density at radius 1 is 1.33 bits per heavy atom. The van der Waals surface area contributed by atoms with Gasteiger partial charge in [-0.25, -0.2) is 0 Å². The van der Waals surface area contributed by atoms with Crippen molar-refractivity contribution in [2.75, 3.05) is 29.5 Å². The van der Waals surface area contributed by atoms with Crippen LogP contribution in [0.15, 0.2) is 49.2 Å². The number of hydrogen-bond donors (Lipinski definition) is 2. The predicted octanol–water partition coefficient (Wildman–Crippen LogP) is 1.55. The summed E-state index contributed by atoms with van der Waals surface area (Å²) in [5, 5.41) is 28.7. The summed E-state index contributed by atoms with van der Waals surface area (Å²) in [5.74, 6) is -0.859. The third-order valence-corrected chi connectivity index (χ3v) is 6.29. The van der Waals surface area contributed by atoms with Crippen molar-refractivity contribution in [3.63, 3.8) is 0 Å². The molecule has 2 aliphatic heterocycles. The van der Waals surface area contributed by atoms with Gasteiger partial charge in [0.2, 0.25) is 5.91 Å². The third kappa shape index (κ3) is 4.09. The number of amides is 2. The molecule has 0 saturated carbocycles. The predicted molar refractivity (Wildman–Crippen MR) is 124 cm³/mol. The summed E-state index contributed by atoms with van der Waals surface area (Å²) in [5.41, 5.74) is 0.834. The lowest BCUT2D eigenvalue weighted by Gasteiger charge is -2.32. The molecule has 2 amide bonds. The Morgan fingerprint density at radius 3 is 2.82 bits per heavy atom. The number of β-lactam (4-membered cyclic amide) rings is 1. The van der Waals surface area contributed by atoms with Crippen molar-refractivity contribution in [3.8, 4) is 0 Å². The summed E-state index contributed by atoms with van der Waals surface area (Å²) in [6.07, 6.45) is 8.80. The van der Waals surface area contributed by atoms with E-state index in [1.54, 1.807) is 34.0 Å². The number of aryl methyl sites for hydroxylation is 1. The third-order valence-electron chi connectivity index (χ3n) is 6.29. The first-order chi connectivity index (χ1) is 15.9. The Balaban J connectivity index is 1.54. The summed E-state index contributed by atoms with van der Waals surface area (Å²) in [7, 11) is 0. The average Bonchev–Trinajstić information content (AvgIpc) is 3.33. The number of hydrogen-bond acceptors (Lipinski definition) is 6. The van der Waals surface area contributed by atoms with Crippen LogP contribution in [0, 0.1) is 5.92 Å². The largest absolute Gasteiger partial charge is 0.396 e. The highest BCUT2D eigenvalue weighted by Gasteiger charge is 2.52. The molecular formula is C24H29N5O4. The number of carbonyl (C=O) groups is 2. The van der Waals surface area contributed by atoms with Crippen LogP contribution in [0.25, 0.3) is 0 Å². The molecule has 2 aliphatic rings. The normalized spacial score (nSPS) is 20.9. The maximum absolute atomic E-state index is 13.3. The van der Waals surface area contributed by atoms with Gasteiger partial charge < -0.3 is 20.0 Å². The number of carbonyl (C=O) groups excluding carboxylic acids is 2.